The second-order valence-electron chi connectivity index (χ2n) is 4.33. The van der Waals surface area contributed by atoms with Crippen molar-refractivity contribution in [2.24, 2.45) is 0 Å². The molecule has 0 radical (unpaired) electrons. The third kappa shape index (κ3) is 4.40. The molecule has 3 nitrogen and oxygen atoms in total. The second kappa shape index (κ2) is 4.73. The van der Waals surface area contributed by atoms with Gasteiger partial charge in [-0.25, -0.2) is 0 Å². The SMILES string of the molecule is CC(C)(C)N/C=C/C(=O)c1ccncc1. The van der Waals surface area contributed by atoms with Crippen molar-refractivity contribution in [1.29, 1.82) is 0 Å². The van der Waals surface area contributed by atoms with Crippen molar-refractivity contribution in [2.75, 3.05) is 0 Å². The van der Waals surface area contributed by atoms with Gasteiger partial charge >= 0.3 is 0 Å². The number of nitrogens with zero attached hydrogens (tertiary/aromatic N) is 1. The molecule has 1 heterocycles. The van der Waals surface area contributed by atoms with Gasteiger partial charge in [-0.05, 0) is 32.9 Å². The van der Waals surface area contributed by atoms with Gasteiger partial charge in [0.2, 0.25) is 0 Å². The molecule has 0 unspecified atom stereocenters. The lowest BCUT2D eigenvalue weighted by Crippen LogP contribution is -2.31. The van der Waals surface area contributed by atoms with Crippen LogP contribution in [0.3, 0.4) is 0 Å². The van der Waals surface area contributed by atoms with Gasteiger partial charge < -0.3 is 5.32 Å². The van der Waals surface area contributed by atoms with E-state index in [9.17, 15) is 4.79 Å². The highest BCUT2D eigenvalue weighted by atomic mass is 16.1. The molecule has 1 aromatic heterocycles. The number of pyridine rings is 1. The summed E-state index contributed by atoms with van der Waals surface area (Å²) >= 11 is 0. The van der Waals surface area contributed by atoms with Gasteiger partial charge in [0, 0.05) is 35.8 Å². The highest BCUT2D eigenvalue weighted by Gasteiger charge is 2.05. The van der Waals surface area contributed by atoms with Crippen molar-refractivity contribution in [3.63, 3.8) is 0 Å². The Morgan fingerprint density at radius 2 is 1.93 bits per heavy atom. The maximum atomic E-state index is 11.6. The Morgan fingerprint density at radius 3 is 2.47 bits per heavy atom. The quantitative estimate of drug-likeness (QED) is 0.606. The van der Waals surface area contributed by atoms with E-state index in [0.717, 1.165) is 0 Å². The van der Waals surface area contributed by atoms with Gasteiger partial charge in [-0.2, -0.15) is 0 Å². The van der Waals surface area contributed by atoms with Crippen LogP contribution in [0.25, 0.3) is 0 Å². The van der Waals surface area contributed by atoms with E-state index in [1.54, 1.807) is 30.7 Å². The molecule has 0 aliphatic carbocycles. The van der Waals surface area contributed by atoms with Crippen LogP contribution in [-0.2, 0) is 0 Å². The lowest BCUT2D eigenvalue weighted by molar-refractivity contribution is 0.104. The van der Waals surface area contributed by atoms with Crippen LogP contribution in [0.15, 0.2) is 36.8 Å². The lowest BCUT2D eigenvalue weighted by Gasteiger charge is -2.18. The number of rotatable bonds is 3. The molecule has 1 aromatic rings. The number of hydrogen-bond acceptors (Lipinski definition) is 3. The zero-order chi connectivity index (χ0) is 11.3. The first-order valence-corrected chi connectivity index (χ1v) is 4.88. The van der Waals surface area contributed by atoms with Gasteiger partial charge in [-0.1, -0.05) is 0 Å². The van der Waals surface area contributed by atoms with Crippen LogP contribution in [-0.4, -0.2) is 16.3 Å². The number of ketones is 1. The molecule has 0 bridgehead atoms. The Balaban J connectivity index is 2.57. The smallest absolute Gasteiger partial charge is 0.187 e. The average Bonchev–Trinajstić information content (AvgIpc) is 2.17. The fraction of sp³-hybridized carbons (Fsp3) is 0.333. The maximum absolute atomic E-state index is 11.6. The van der Waals surface area contributed by atoms with Crippen molar-refractivity contribution in [3.05, 3.63) is 42.4 Å². The average molecular weight is 204 g/mol. The number of carbonyl (C=O) groups is 1. The first kappa shape index (κ1) is 11.4. The number of allylic oxidation sites excluding steroid dienone is 1. The molecule has 0 aromatic carbocycles. The van der Waals surface area contributed by atoms with E-state index in [0.29, 0.717) is 5.56 Å². The van der Waals surface area contributed by atoms with Crippen molar-refractivity contribution >= 4 is 5.78 Å². The van der Waals surface area contributed by atoms with Gasteiger partial charge in [-0.15, -0.1) is 0 Å². The van der Waals surface area contributed by atoms with E-state index in [4.69, 9.17) is 0 Å². The summed E-state index contributed by atoms with van der Waals surface area (Å²) < 4.78 is 0. The predicted octanol–water partition coefficient (Wildman–Crippen LogP) is 2.17. The monoisotopic (exact) mass is 204 g/mol. The van der Waals surface area contributed by atoms with Crippen LogP contribution in [0.1, 0.15) is 31.1 Å². The van der Waals surface area contributed by atoms with E-state index in [1.807, 2.05) is 20.8 Å². The van der Waals surface area contributed by atoms with Gasteiger partial charge in [-0.3, -0.25) is 9.78 Å². The minimum Gasteiger partial charge on any atom is -0.386 e. The van der Waals surface area contributed by atoms with Gasteiger partial charge in [0.1, 0.15) is 0 Å². The van der Waals surface area contributed by atoms with Crippen LogP contribution in [0.2, 0.25) is 0 Å². The molecule has 0 saturated heterocycles. The van der Waals surface area contributed by atoms with E-state index in [2.05, 4.69) is 10.3 Å². The second-order valence-corrected chi connectivity index (χ2v) is 4.33. The summed E-state index contributed by atoms with van der Waals surface area (Å²) in [6, 6.07) is 3.40. The first-order chi connectivity index (χ1) is 6.99. The molecule has 0 atom stereocenters. The molecule has 0 fully saturated rings. The highest BCUT2D eigenvalue weighted by Crippen LogP contribution is 2.00. The molecule has 0 aliphatic rings. The van der Waals surface area contributed by atoms with Crippen LogP contribution in [0.5, 0.6) is 0 Å². The molecule has 0 spiro atoms. The van der Waals surface area contributed by atoms with E-state index in [1.165, 1.54) is 6.08 Å². The molecule has 0 aliphatic heterocycles. The summed E-state index contributed by atoms with van der Waals surface area (Å²) in [6.07, 6.45) is 6.43. The van der Waals surface area contributed by atoms with Crippen LogP contribution >= 0.6 is 0 Å². The minimum atomic E-state index is -0.0193. The molecule has 1 rings (SSSR count). The fourth-order valence-corrected chi connectivity index (χ4v) is 0.980. The zero-order valence-electron chi connectivity index (χ0n) is 9.32. The number of carbonyl (C=O) groups excluding carboxylic acids is 1. The van der Waals surface area contributed by atoms with Crippen molar-refractivity contribution in [2.45, 2.75) is 26.3 Å². The van der Waals surface area contributed by atoms with Crippen molar-refractivity contribution in [3.8, 4) is 0 Å². The highest BCUT2D eigenvalue weighted by molar-refractivity contribution is 6.04. The zero-order valence-corrected chi connectivity index (χ0v) is 9.32. The largest absolute Gasteiger partial charge is 0.386 e. The third-order valence-corrected chi connectivity index (χ3v) is 1.72. The molecular formula is C12H16N2O. The van der Waals surface area contributed by atoms with Crippen LogP contribution < -0.4 is 5.32 Å². The number of nitrogens with one attached hydrogen (secondary N) is 1. The Labute approximate surface area is 90.2 Å². The van der Waals surface area contributed by atoms with Crippen LogP contribution in [0, 0.1) is 0 Å². The van der Waals surface area contributed by atoms with Gasteiger partial charge in [0.15, 0.2) is 5.78 Å². The topological polar surface area (TPSA) is 42.0 Å². The normalized spacial score (nSPS) is 11.7. The summed E-state index contributed by atoms with van der Waals surface area (Å²) in [5.41, 5.74) is 0.631. The molecule has 1 N–H and O–H groups in total. The summed E-state index contributed by atoms with van der Waals surface area (Å²) in [4.78, 5) is 15.4. The summed E-state index contributed by atoms with van der Waals surface area (Å²) in [7, 11) is 0. The Kier molecular flexibility index (Phi) is 3.61. The Morgan fingerprint density at radius 1 is 1.33 bits per heavy atom. The predicted molar refractivity (Wildman–Crippen MR) is 60.6 cm³/mol. The van der Waals surface area contributed by atoms with Gasteiger partial charge in [0.05, 0.1) is 0 Å². The Hall–Kier alpha value is -1.64. The minimum absolute atomic E-state index is 0.0188. The first-order valence-electron chi connectivity index (χ1n) is 4.88. The maximum Gasteiger partial charge on any atom is 0.187 e. The standard InChI is InChI=1S/C12H16N2O/c1-12(2,3)14-9-6-11(15)10-4-7-13-8-5-10/h4-9,14H,1-3H3/b9-6+. The number of aromatic nitrogens is 1. The molecule has 80 valence electrons. The summed E-state index contributed by atoms with van der Waals surface area (Å²) in [5.74, 6) is -0.0193. The summed E-state index contributed by atoms with van der Waals surface area (Å²) in [5, 5.41) is 3.11. The van der Waals surface area contributed by atoms with E-state index in [-0.39, 0.29) is 11.3 Å². The Bertz CT molecular complexity index is 350. The van der Waals surface area contributed by atoms with E-state index < -0.39 is 0 Å². The van der Waals surface area contributed by atoms with Gasteiger partial charge in [0.25, 0.3) is 0 Å². The molecule has 0 amide bonds. The number of hydrogen-bond donors (Lipinski definition) is 1. The summed E-state index contributed by atoms with van der Waals surface area (Å²) in [6.45, 7) is 6.11. The van der Waals surface area contributed by atoms with E-state index >= 15 is 0 Å². The lowest BCUT2D eigenvalue weighted by atomic mass is 10.1. The fourth-order valence-electron chi connectivity index (χ4n) is 0.980. The molecular weight excluding hydrogens is 188 g/mol. The molecule has 15 heavy (non-hydrogen) atoms. The third-order valence-electron chi connectivity index (χ3n) is 1.72. The van der Waals surface area contributed by atoms with Crippen molar-refractivity contribution in [1.82, 2.24) is 10.3 Å². The molecule has 3 heteroatoms. The van der Waals surface area contributed by atoms with Crippen LogP contribution in [0.4, 0.5) is 0 Å². The molecule has 0 saturated carbocycles. The van der Waals surface area contributed by atoms with Crippen molar-refractivity contribution < 1.29 is 4.79 Å².